The molecule has 10 aliphatic rings. The molecule has 0 amide bonds. The summed E-state index contributed by atoms with van der Waals surface area (Å²) in [5.41, 5.74) is 0. The summed E-state index contributed by atoms with van der Waals surface area (Å²) in [6, 6.07) is 0. The molecular weight excluding hydrogens is 232 g/mol. The second-order valence-electron chi connectivity index (χ2n) is 10.4. The monoisotopic (exact) mass is 244 g/mol. The topological polar surface area (TPSA) is 37.3 Å². The fourth-order valence-electron chi connectivity index (χ4n) is 18.3. The molecule has 80 valence electrons. The number of carboxylic acids is 1. The Morgan fingerprint density at radius 1 is 1.07 bits per heavy atom. The van der Waals surface area contributed by atoms with Crippen LogP contribution in [0.2, 0.25) is 47.2 Å². The van der Waals surface area contributed by atoms with Crippen molar-refractivity contribution in [3.8, 4) is 0 Å². The van der Waals surface area contributed by atoms with Crippen LogP contribution in [-0.4, -0.2) is 11.1 Å². The number of rotatable bonds is 1. The van der Waals surface area contributed by atoms with Gasteiger partial charge < -0.3 is 0 Å². The van der Waals surface area contributed by atoms with E-state index in [4.69, 9.17) is 0 Å². The van der Waals surface area contributed by atoms with Gasteiger partial charge in [0.1, 0.15) is 0 Å². The van der Waals surface area contributed by atoms with E-state index in [2.05, 4.69) is 6.92 Å². The van der Waals surface area contributed by atoms with Crippen LogP contribution in [0.25, 0.3) is 0 Å². The van der Waals surface area contributed by atoms with E-state index >= 15 is 0 Å². The molecule has 2 nitrogen and oxygen atoms in total. The van der Waals surface area contributed by atoms with E-state index in [1.165, 1.54) is 0 Å². The number of carboxylic acid groups (broad SMARTS) is 1. The molecule has 10 rings (SSSR count). The minimum atomic E-state index is -3.36. The third-order valence-corrected chi connectivity index (χ3v) is 60.1. The van der Waals surface area contributed by atoms with Crippen LogP contribution in [-0.2, 0) is 11.3 Å². The first-order valence-corrected chi connectivity index (χ1v) is 12.5. The Morgan fingerprint density at radius 2 is 1.60 bits per heavy atom. The zero-order valence-electron chi connectivity index (χ0n) is 8.33. The summed E-state index contributed by atoms with van der Waals surface area (Å²) in [5.74, 6) is -0.286. The maximum absolute atomic E-state index is 12.0. The van der Waals surface area contributed by atoms with Crippen LogP contribution in [0.4, 0.5) is 0 Å². The molecule has 10 heterocycles. The van der Waals surface area contributed by atoms with E-state index in [1.807, 2.05) is 0 Å². The van der Waals surface area contributed by atoms with Crippen molar-refractivity contribution in [1.29, 1.82) is 0 Å². The SMILES string of the molecule is C[C]12[CH]3[CH]4[CH]5[C]1(C(=O)O)[Fe]43521678[CH]2[CH]1[CH]6[CH]7[CH]28. The zero-order chi connectivity index (χ0) is 9.51. The molecule has 0 aromatic carbocycles. The number of aliphatic carboxylic acids is 1. The summed E-state index contributed by atoms with van der Waals surface area (Å²) in [5, 5.41) is 9.91. The van der Waals surface area contributed by atoms with Crippen molar-refractivity contribution in [3.63, 3.8) is 0 Å². The quantitative estimate of drug-likeness (QED) is 0.719. The average Bonchev–Trinajstić information content (AvgIpc) is 3.10. The molecule has 15 heavy (non-hydrogen) atoms. The molecule has 0 bridgehead atoms. The Hall–Kier alpha value is -0.0105. The second-order valence-corrected chi connectivity index (χ2v) is 33.9. The maximum atomic E-state index is 12.0. The Balaban J connectivity index is 1.95. The summed E-state index contributed by atoms with van der Waals surface area (Å²) in [7, 11) is 0. The van der Waals surface area contributed by atoms with Gasteiger partial charge in [0, 0.05) is 0 Å². The second kappa shape index (κ2) is 0.335. The molecule has 1 spiro atoms. The summed E-state index contributed by atoms with van der Waals surface area (Å²) < 4.78 is 0.559. The van der Waals surface area contributed by atoms with E-state index in [1.54, 1.807) is 0 Å². The molecule has 1 N–H and O–H groups in total. The van der Waals surface area contributed by atoms with Gasteiger partial charge in [-0.25, -0.2) is 0 Å². The van der Waals surface area contributed by atoms with Gasteiger partial charge in [-0.05, 0) is 0 Å². The number of fused-ring (bicyclic) bond motifs is 10. The van der Waals surface area contributed by atoms with Crippen LogP contribution in [0.15, 0.2) is 0 Å². The molecule has 0 aliphatic carbocycles. The Labute approximate surface area is 76.7 Å². The van der Waals surface area contributed by atoms with Crippen molar-refractivity contribution in [2.24, 2.45) is 0 Å². The predicted molar refractivity (Wildman–Crippen MR) is 48.7 cm³/mol. The van der Waals surface area contributed by atoms with Gasteiger partial charge in [-0.1, -0.05) is 0 Å². The van der Waals surface area contributed by atoms with E-state index in [9.17, 15) is 9.90 Å². The minimum absolute atomic E-state index is 0.0477. The average molecular weight is 244 g/mol. The van der Waals surface area contributed by atoms with Crippen molar-refractivity contribution >= 4 is 5.97 Å². The molecule has 5 unspecified atom stereocenters. The van der Waals surface area contributed by atoms with Crippen LogP contribution in [0.1, 0.15) is 6.92 Å². The van der Waals surface area contributed by atoms with Gasteiger partial charge in [0.15, 0.2) is 0 Å². The van der Waals surface area contributed by atoms with E-state index in [0.29, 0.717) is 4.31 Å². The van der Waals surface area contributed by atoms with Gasteiger partial charge in [0.05, 0.1) is 0 Å². The molecule has 0 aromatic rings. The Kier molecular flexibility index (Phi) is 0.114. The van der Waals surface area contributed by atoms with Crippen molar-refractivity contribution in [3.05, 3.63) is 0 Å². The molecule has 0 radical (unpaired) electrons. The van der Waals surface area contributed by atoms with Crippen molar-refractivity contribution < 1.29 is 16.4 Å². The first-order valence-electron chi connectivity index (χ1n) is 6.32. The predicted octanol–water partition coefficient (Wildman–Crippen LogP) is 3.22. The summed E-state index contributed by atoms with van der Waals surface area (Å²) in [6.45, 7) is -0.871. The first-order chi connectivity index (χ1) is 6.88. The van der Waals surface area contributed by atoms with Crippen molar-refractivity contribution in [2.45, 2.75) is 54.1 Å². The molecule has 10 saturated heterocycles. The van der Waals surface area contributed by atoms with Crippen molar-refractivity contribution in [1.82, 2.24) is 0 Å². The molecule has 3 heteroatoms. The van der Waals surface area contributed by atoms with Gasteiger partial charge in [0.2, 0.25) is 0 Å². The third-order valence-electron chi connectivity index (χ3n) is 15.9. The standard InChI is InChI=1S/C7H7O2.C5H5.Fe/c1-5-3-2-4-6(5)7(8)9;1-2-4-5-3-1;/h2-4H,1H3,(H,8,9);1-5H;. The van der Waals surface area contributed by atoms with Crippen LogP contribution in [0, 0.1) is 0 Å². The van der Waals surface area contributed by atoms with E-state index in [0.717, 1.165) is 38.5 Å². The van der Waals surface area contributed by atoms with Gasteiger partial charge in [-0.3, -0.25) is 0 Å². The fraction of sp³-hybridized carbons (Fsp3) is 0.917. The van der Waals surface area contributed by atoms with Gasteiger partial charge >= 0.3 is 76.5 Å². The van der Waals surface area contributed by atoms with Crippen LogP contribution in [0.3, 0.4) is 0 Å². The Bertz CT molecular complexity index is 965. The van der Waals surface area contributed by atoms with Crippen LogP contribution < -0.4 is 0 Å². The molecule has 0 aromatic heterocycles. The molecule has 5 atom stereocenters. The summed E-state index contributed by atoms with van der Waals surface area (Å²) in [6.07, 6.45) is 0. The van der Waals surface area contributed by atoms with E-state index in [-0.39, 0.29) is 10.3 Å². The summed E-state index contributed by atoms with van der Waals surface area (Å²) in [4.78, 5) is 20.8. The molecule has 10 aliphatic heterocycles. The van der Waals surface area contributed by atoms with Crippen LogP contribution >= 0.6 is 0 Å². The van der Waals surface area contributed by atoms with Crippen molar-refractivity contribution in [2.75, 3.05) is 0 Å². The number of hydrogen-bond acceptors (Lipinski definition) is 1. The van der Waals surface area contributed by atoms with Gasteiger partial charge in [-0.2, -0.15) is 0 Å². The fourth-order valence-corrected chi connectivity index (χ4v) is 94.8. The third kappa shape index (κ3) is 0.0370. The van der Waals surface area contributed by atoms with Gasteiger partial charge in [-0.15, -0.1) is 0 Å². The first kappa shape index (κ1) is 5.10. The van der Waals surface area contributed by atoms with E-state index < -0.39 is 6.51 Å². The number of carbonyl (C=O) groups is 1. The molecular formula is C12H12FeO2. The van der Waals surface area contributed by atoms with Gasteiger partial charge in [0.25, 0.3) is 0 Å². The Morgan fingerprint density at radius 3 is 1.67 bits per heavy atom. The van der Waals surface area contributed by atoms with Crippen LogP contribution in [0.5, 0.6) is 0 Å². The zero-order valence-corrected chi connectivity index (χ0v) is 9.43. The number of hydrogen-bond donors (Lipinski definition) is 1. The molecule has 10 fully saturated rings. The normalized spacial score (nSPS) is 138. The summed E-state index contributed by atoms with van der Waals surface area (Å²) >= 11 is 0. The molecule has 0 saturated carbocycles.